The van der Waals surface area contributed by atoms with Gasteiger partial charge in [-0.05, 0) is 38.8 Å². The Labute approximate surface area is 147 Å². The van der Waals surface area contributed by atoms with E-state index < -0.39 is 0 Å². The summed E-state index contributed by atoms with van der Waals surface area (Å²) in [4.78, 5) is 26.5. The van der Waals surface area contributed by atoms with E-state index in [1.807, 2.05) is 49.1 Å². The SMILES string of the molecule is Cc1nn(-c2ccccc2)c(C)c1C(=O)NCCC(=O)N1CCCC1. The second-order valence-corrected chi connectivity index (χ2v) is 6.39. The number of nitrogens with one attached hydrogen (secondary N) is 1. The molecule has 2 aromatic rings. The zero-order valence-corrected chi connectivity index (χ0v) is 14.8. The predicted octanol–water partition coefficient (Wildman–Crippen LogP) is 2.23. The molecule has 0 bridgehead atoms. The molecule has 2 amide bonds. The summed E-state index contributed by atoms with van der Waals surface area (Å²) >= 11 is 0. The first-order valence-corrected chi connectivity index (χ1v) is 8.75. The molecule has 1 fully saturated rings. The van der Waals surface area contributed by atoms with E-state index in [2.05, 4.69) is 10.4 Å². The van der Waals surface area contributed by atoms with Gasteiger partial charge in [0.05, 0.1) is 22.6 Å². The average molecular weight is 340 g/mol. The van der Waals surface area contributed by atoms with Crippen molar-refractivity contribution in [1.29, 1.82) is 0 Å². The van der Waals surface area contributed by atoms with Crippen molar-refractivity contribution in [1.82, 2.24) is 20.0 Å². The summed E-state index contributed by atoms with van der Waals surface area (Å²) in [5.74, 6) is -0.0578. The van der Waals surface area contributed by atoms with Crippen LogP contribution in [-0.4, -0.2) is 46.1 Å². The monoisotopic (exact) mass is 340 g/mol. The Bertz CT molecular complexity index is 761. The molecule has 0 radical (unpaired) electrons. The first kappa shape index (κ1) is 17.2. The number of carbonyl (C=O) groups is 2. The van der Waals surface area contributed by atoms with Crippen LogP contribution in [0.5, 0.6) is 0 Å². The van der Waals surface area contributed by atoms with Crippen molar-refractivity contribution < 1.29 is 9.59 Å². The maximum absolute atomic E-state index is 12.5. The van der Waals surface area contributed by atoms with E-state index in [1.54, 1.807) is 4.68 Å². The van der Waals surface area contributed by atoms with Crippen LogP contribution in [0, 0.1) is 13.8 Å². The lowest BCUT2D eigenvalue weighted by atomic mass is 10.2. The molecule has 1 saturated heterocycles. The highest BCUT2D eigenvalue weighted by Gasteiger charge is 2.21. The molecule has 6 nitrogen and oxygen atoms in total. The van der Waals surface area contributed by atoms with E-state index >= 15 is 0 Å². The number of nitrogens with zero attached hydrogens (tertiary/aromatic N) is 3. The standard InChI is InChI=1S/C19H24N4O2/c1-14-18(15(2)23(21-14)16-8-4-3-5-9-16)19(25)20-11-10-17(24)22-12-6-7-13-22/h3-5,8-9H,6-7,10-13H2,1-2H3,(H,20,25). The van der Waals surface area contributed by atoms with Crippen LogP contribution in [0.2, 0.25) is 0 Å². The minimum absolute atomic E-state index is 0.117. The minimum Gasteiger partial charge on any atom is -0.351 e. The fraction of sp³-hybridized carbons (Fsp3) is 0.421. The molecule has 1 aromatic heterocycles. The molecule has 132 valence electrons. The molecule has 1 aliphatic heterocycles. The highest BCUT2D eigenvalue weighted by molar-refractivity contribution is 5.96. The summed E-state index contributed by atoms with van der Waals surface area (Å²) in [6.45, 7) is 5.75. The number of likely N-dealkylation sites (tertiary alicyclic amines) is 1. The van der Waals surface area contributed by atoms with Gasteiger partial charge in [-0.15, -0.1) is 0 Å². The van der Waals surface area contributed by atoms with Crippen molar-refractivity contribution in [2.45, 2.75) is 33.1 Å². The first-order chi connectivity index (χ1) is 12.1. The van der Waals surface area contributed by atoms with Gasteiger partial charge in [-0.1, -0.05) is 18.2 Å². The zero-order chi connectivity index (χ0) is 17.8. The van der Waals surface area contributed by atoms with Crippen molar-refractivity contribution in [2.24, 2.45) is 0 Å². The second kappa shape index (κ2) is 7.51. The number of benzene rings is 1. The van der Waals surface area contributed by atoms with Gasteiger partial charge in [-0.25, -0.2) is 4.68 Å². The molecule has 6 heteroatoms. The molecular formula is C19H24N4O2. The summed E-state index contributed by atoms with van der Waals surface area (Å²) in [5, 5.41) is 7.35. The van der Waals surface area contributed by atoms with Crippen LogP contribution in [-0.2, 0) is 4.79 Å². The fourth-order valence-corrected chi connectivity index (χ4v) is 3.29. The molecule has 1 N–H and O–H groups in total. The smallest absolute Gasteiger partial charge is 0.255 e. The van der Waals surface area contributed by atoms with Crippen LogP contribution >= 0.6 is 0 Å². The van der Waals surface area contributed by atoms with Gasteiger partial charge in [0.2, 0.25) is 5.91 Å². The molecule has 0 atom stereocenters. The van der Waals surface area contributed by atoms with Crippen LogP contribution in [0.1, 0.15) is 41.0 Å². The molecule has 0 aliphatic carbocycles. The van der Waals surface area contributed by atoms with Crippen molar-refractivity contribution in [3.05, 3.63) is 47.3 Å². The van der Waals surface area contributed by atoms with E-state index in [1.165, 1.54) is 0 Å². The van der Waals surface area contributed by atoms with Gasteiger partial charge in [0.15, 0.2) is 0 Å². The van der Waals surface area contributed by atoms with E-state index in [0.717, 1.165) is 37.3 Å². The molecule has 0 spiro atoms. The topological polar surface area (TPSA) is 67.2 Å². The molecule has 0 unspecified atom stereocenters. The first-order valence-electron chi connectivity index (χ1n) is 8.75. The number of rotatable bonds is 5. The van der Waals surface area contributed by atoms with E-state index in [-0.39, 0.29) is 11.8 Å². The Hall–Kier alpha value is -2.63. The van der Waals surface area contributed by atoms with Crippen molar-refractivity contribution in [3.8, 4) is 5.69 Å². The molecule has 1 aliphatic rings. The highest BCUT2D eigenvalue weighted by Crippen LogP contribution is 2.17. The molecule has 3 rings (SSSR count). The van der Waals surface area contributed by atoms with Crippen molar-refractivity contribution in [2.75, 3.05) is 19.6 Å². The lowest BCUT2D eigenvalue weighted by Gasteiger charge is -2.15. The summed E-state index contributed by atoms with van der Waals surface area (Å²) in [6, 6.07) is 9.73. The van der Waals surface area contributed by atoms with Crippen molar-refractivity contribution in [3.63, 3.8) is 0 Å². The van der Waals surface area contributed by atoms with E-state index in [0.29, 0.717) is 24.2 Å². The number of aromatic nitrogens is 2. The molecule has 1 aromatic carbocycles. The van der Waals surface area contributed by atoms with Gasteiger partial charge in [-0.3, -0.25) is 9.59 Å². The third-order valence-electron chi connectivity index (χ3n) is 4.60. The van der Waals surface area contributed by atoms with Crippen LogP contribution in [0.25, 0.3) is 5.69 Å². The number of aryl methyl sites for hydroxylation is 1. The van der Waals surface area contributed by atoms with Gasteiger partial charge < -0.3 is 10.2 Å². The number of hydrogen-bond donors (Lipinski definition) is 1. The third-order valence-corrected chi connectivity index (χ3v) is 4.60. The Kier molecular flexibility index (Phi) is 5.16. The Morgan fingerprint density at radius 3 is 2.48 bits per heavy atom. The number of hydrogen-bond acceptors (Lipinski definition) is 3. The summed E-state index contributed by atoms with van der Waals surface area (Å²) in [6.07, 6.45) is 2.50. The van der Waals surface area contributed by atoms with Gasteiger partial charge in [-0.2, -0.15) is 5.10 Å². The number of amides is 2. The molecule has 2 heterocycles. The van der Waals surface area contributed by atoms with Crippen LogP contribution in [0.4, 0.5) is 0 Å². The van der Waals surface area contributed by atoms with Gasteiger partial charge in [0.25, 0.3) is 5.91 Å². The Balaban J connectivity index is 1.64. The quantitative estimate of drug-likeness (QED) is 0.908. The van der Waals surface area contributed by atoms with Gasteiger partial charge in [0, 0.05) is 26.1 Å². The lowest BCUT2D eigenvalue weighted by Crippen LogP contribution is -2.33. The van der Waals surface area contributed by atoms with Crippen LogP contribution in [0.15, 0.2) is 30.3 Å². The lowest BCUT2D eigenvalue weighted by molar-refractivity contribution is -0.129. The Morgan fingerprint density at radius 1 is 1.12 bits per heavy atom. The second-order valence-electron chi connectivity index (χ2n) is 6.39. The van der Waals surface area contributed by atoms with E-state index in [9.17, 15) is 9.59 Å². The third kappa shape index (κ3) is 3.73. The zero-order valence-electron chi connectivity index (χ0n) is 14.8. The summed E-state index contributed by atoms with van der Waals surface area (Å²) in [5.41, 5.74) is 2.99. The van der Waals surface area contributed by atoms with E-state index in [4.69, 9.17) is 0 Å². The Morgan fingerprint density at radius 2 is 1.80 bits per heavy atom. The molecule has 25 heavy (non-hydrogen) atoms. The number of carbonyl (C=O) groups excluding carboxylic acids is 2. The van der Waals surface area contributed by atoms with Crippen LogP contribution in [0.3, 0.4) is 0 Å². The fourth-order valence-electron chi connectivity index (χ4n) is 3.29. The molecule has 0 saturated carbocycles. The highest BCUT2D eigenvalue weighted by atomic mass is 16.2. The summed E-state index contributed by atoms with van der Waals surface area (Å²) in [7, 11) is 0. The van der Waals surface area contributed by atoms with Crippen molar-refractivity contribution >= 4 is 11.8 Å². The predicted molar refractivity (Wildman–Crippen MR) is 95.8 cm³/mol. The average Bonchev–Trinajstić information content (AvgIpc) is 3.24. The van der Waals surface area contributed by atoms with Gasteiger partial charge in [0.1, 0.15) is 0 Å². The van der Waals surface area contributed by atoms with Crippen LogP contribution < -0.4 is 5.32 Å². The summed E-state index contributed by atoms with van der Waals surface area (Å²) < 4.78 is 1.78. The molecular weight excluding hydrogens is 316 g/mol. The maximum Gasteiger partial charge on any atom is 0.255 e. The van der Waals surface area contributed by atoms with Gasteiger partial charge >= 0.3 is 0 Å². The largest absolute Gasteiger partial charge is 0.351 e. The maximum atomic E-state index is 12.5. The minimum atomic E-state index is -0.175. The normalized spacial score (nSPS) is 13.9. The number of para-hydroxylation sites is 1.